The zero-order chi connectivity index (χ0) is 16.8. The summed E-state index contributed by atoms with van der Waals surface area (Å²) >= 11 is 6.28. The maximum Gasteiger partial charge on any atom is 0.333 e. The van der Waals surface area contributed by atoms with Crippen molar-refractivity contribution in [3.63, 3.8) is 0 Å². The number of aromatic nitrogens is 4. The maximum atomic E-state index is 12.5. The zero-order valence-corrected chi connectivity index (χ0v) is 13.9. The Morgan fingerprint density at radius 2 is 2.04 bits per heavy atom. The minimum Gasteiger partial charge on any atom is -0.488 e. The van der Waals surface area contributed by atoms with Crippen molar-refractivity contribution in [3.05, 3.63) is 39.9 Å². The summed E-state index contributed by atoms with van der Waals surface area (Å²) in [6, 6.07) is 5.07. The van der Waals surface area contributed by atoms with Gasteiger partial charge in [0.2, 0.25) is 5.88 Å². The van der Waals surface area contributed by atoms with E-state index in [4.69, 9.17) is 21.1 Å². The molecule has 0 saturated carbocycles. The molecule has 24 heavy (non-hydrogen) atoms. The average molecular weight is 347 g/mol. The largest absolute Gasteiger partial charge is 0.488 e. The molecule has 0 fully saturated rings. The highest BCUT2D eigenvalue weighted by Crippen LogP contribution is 2.30. The van der Waals surface area contributed by atoms with Crippen molar-refractivity contribution < 1.29 is 9.47 Å². The predicted molar refractivity (Wildman–Crippen MR) is 89.3 cm³/mol. The Balaban J connectivity index is 2.08. The van der Waals surface area contributed by atoms with Gasteiger partial charge in [-0.1, -0.05) is 11.6 Å². The van der Waals surface area contributed by atoms with E-state index in [0.29, 0.717) is 34.2 Å². The lowest BCUT2D eigenvalue weighted by molar-refractivity contribution is 0.129. The van der Waals surface area contributed by atoms with Gasteiger partial charge in [-0.05, 0) is 19.9 Å². The van der Waals surface area contributed by atoms with Gasteiger partial charge < -0.3 is 9.47 Å². The van der Waals surface area contributed by atoms with Gasteiger partial charge in [-0.3, -0.25) is 4.98 Å². The second-order valence-corrected chi connectivity index (χ2v) is 6.23. The number of nitrogens with one attached hydrogen (secondary N) is 1. The number of pyridine rings is 2. The molecule has 1 aliphatic rings. The second kappa shape index (κ2) is 5.52. The molecule has 7 nitrogen and oxygen atoms in total. The Kier molecular flexibility index (Phi) is 3.45. The smallest absolute Gasteiger partial charge is 0.333 e. The van der Waals surface area contributed by atoms with Crippen molar-refractivity contribution in [2.45, 2.75) is 32.5 Å². The molecule has 0 amide bonds. The number of fused-ring (bicyclic) bond motifs is 3. The van der Waals surface area contributed by atoms with Crippen LogP contribution in [0.5, 0.6) is 11.6 Å². The predicted octanol–water partition coefficient (Wildman–Crippen LogP) is 2.70. The first kappa shape index (κ1) is 15.0. The van der Waals surface area contributed by atoms with E-state index >= 15 is 0 Å². The lowest BCUT2D eigenvalue weighted by Gasteiger charge is -2.19. The summed E-state index contributed by atoms with van der Waals surface area (Å²) < 4.78 is 13.2. The normalized spacial score (nSPS) is 20.1. The van der Waals surface area contributed by atoms with Crippen LogP contribution in [-0.4, -0.2) is 31.7 Å². The number of imidazole rings is 1. The van der Waals surface area contributed by atoms with E-state index in [1.807, 2.05) is 13.8 Å². The number of halogens is 1. The van der Waals surface area contributed by atoms with Crippen molar-refractivity contribution >= 4 is 22.8 Å². The fraction of sp³-hybridized carbons (Fsp3) is 0.312. The first-order valence-corrected chi connectivity index (χ1v) is 8.00. The SMILES string of the molecule is C[C@@H]1C[C@@H](C)Oc2ccnc3[nH]c(=O)n(c23)-c2nc(ccc2Cl)O1. The summed E-state index contributed by atoms with van der Waals surface area (Å²) in [7, 11) is 0. The Morgan fingerprint density at radius 3 is 2.88 bits per heavy atom. The molecule has 3 aromatic heterocycles. The van der Waals surface area contributed by atoms with Crippen LogP contribution in [0.25, 0.3) is 17.0 Å². The molecule has 0 radical (unpaired) electrons. The van der Waals surface area contributed by atoms with Gasteiger partial charge in [0.25, 0.3) is 0 Å². The van der Waals surface area contributed by atoms with Gasteiger partial charge in [-0.25, -0.2) is 14.3 Å². The molecule has 124 valence electrons. The number of aromatic amines is 1. The molecule has 4 rings (SSSR count). The third kappa shape index (κ3) is 2.41. The van der Waals surface area contributed by atoms with E-state index in [1.165, 1.54) is 4.57 Å². The average Bonchev–Trinajstić information content (AvgIpc) is 2.84. The number of rotatable bonds is 0. The van der Waals surface area contributed by atoms with Crippen LogP contribution in [0.1, 0.15) is 20.3 Å². The monoisotopic (exact) mass is 346 g/mol. The molecule has 2 atom stereocenters. The summed E-state index contributed by atoms with van der Waals surface area (Å²) in [5.41, 5.74) is 0.539. The Bertz CT molecular complexity index is 981. The lowest BCUT2D eigenvalue weighted by atomic mass is 10.2. The van der Waals surface area contributed by atoms with Crippen LogP contribution >= 0.6 is 11.6 Å². The van der Waals surface area contributed by atoms with Crippen LogP contribution in [0, 0.1) is 0 Å². The summed E-state index contributed by atoms with van der Waals surface area (Å²) in [5, 5.41) is 0.333. The van der Waals surface area contributed by atoms with Crippen LogP contribution in [0.2, 0.25) is 5.02 Å². The van der Waals surface area contributed by atoms with Crippen LogP contribution in [0.15, 0.2) is 29.2 Å². The molecule has 1 N–H and O–H groups in total. The van der Waals surface area contributed by atoms with E-state index in [-0.39, 0.29) is 23.7 Å². The van der Waals surface area contributed by atoms with Crippen molar-refractivity contribution in [1.29, 1.82) is 0 Å². The van der Waals surface area contributed by atoms with Gasteiger partial charge in [0.1, 0.15) is 17.4 Å². The highest BCUT2D eigenvalue weighted by atomic mass is 35.5. The molecule has 2 bridgehead atoms. The fourth-order valence-electron chi connectivity index (χ4n) is 2.92. The van der Waals surface area contributed by atoms with Crippen LogP contribution in [0.4, 0.5) is 0 Å². The molecular weight excluding hydrogens is 332 g/mol. The topological polar surface area (TPSA) is 82.0 Å². The van der Waals surface area contributed by atoms with E-state index < -0.39 is 0 Å². The molecule has 1 aliphatic heterocycles. The summed E-state index contributed by atoms with van der Waals surface area (Å²) in [6.07, 6.45) is 2.04. The molecular formula is C16H15ClN4O3. The fourth-order valence-corrected chi connectivity index (χ4v) is 3.11. The Hall–Kier alpha value is -2.54. The van der Waals surface area contributed by atoms with Crippen LogP contribution in [0.3, 0.4) is 0 Å². The third-order valence-corrected chi connectivity index (χ3v) is 4.16. The van der Waals surface area contributed by atoms with Crippen LogP contribution in [-0.2, 0) is 0 Å². The minimum atomic E-state index is -0.389. The van der Waals surface area contributed by atoms with E-state index in [2.05, 4.69) is 15.0 Å². The third-order valence-electron chi connectivity index (χ3n) is 3.87. The van der Waals surface area contributed by atoms with Gasteiger partial charge in [-0.15, -0.1) is 0 Å². The highest BCUT2D eigenvalue weighted by Gasteiger charge is 2.22. The molecule has 0 unspecified atom stereocenters. The van der Waals surface area contributed by atoms with Gasteiger partial charge in [0.05, 0.1) is 11.1 Å². The second-order valence-electron chi connectivity index (χ2n) is 5.82. The highest BCUT2D eigenvalue weighted by molar-refractivity contribution is 6.32. The van der Waals surface area contributed by atoms with Gasteiger partial charge in [0.15, 0.2) is 11.5 Å². The van der Waals surface area contributed by atoms with Gasteiger partial charge in [-0.2, -0.15) is 4.98 Å². The van der Waals surface area contributed by atoms with Gasteiger partial charge in [0, 0.05) is 24.8 Å². The lowest BCUT2D eigenvalue weighted by Crippen LogP contribution is -2.23. The summed E-state index contributed by atoms with van der Waals surface area (Å²) in [6.45, 7) is 3.90. The first-order valence-electron chi connectivity index (χ1n) is 7.63. The molecule has 8 heteroatoms. The number of hydrogen-bond donors (Lipinski definition) is 1. The Morgan fingerprint density at radius 1 is 1.25 bits per heavy atom. The van der Waals surface area contributed by atoms with Crippen molar-refractivity contribution in [2.75, 3.05) is 0 Å². The molecule has 0 aliphatic carbocycles. The van der Waals surface area contributed by atoms with E-state index in [1.54, 1.807) is 24.4 Å². The summed E-state index contributed by atoms with van der Waals surface area (Å²) in [4.78, 5) is 23.8. The molecule has 0 spiro atoms. The molecule has 4 heterocycles. The van der Waals surface area contributed by atoms with E-state index in [9.17, 15) is 4.79 Å². The van der Waals surface area contributed by atoms with Crippen molar-refractivity contribution in [3.8, 4) is 17.4 Å². The molecule has 0 aromatic carbocycles. The zero-order valence-electron chi connectivity index (χ0n) is 13.1. The van der Waals surface area contributed by atoms with Crippen molar-refractivity contribution in [2.24, 2.45) is 0 Å². The molecule has 0 saturated heterocycles. The quantitative estimate of drug-likeness (QED) is 0.676. The standard InChI is InChI=1S/C16H15ClN4O3/c1-8-7-9(2)24-12-4-3-10(17)15(19-12)21-13-11(23-8)5-6-18-14(13)20-16(21)22/h3-6,8-9H,7H2,1-2H3,(H,18,20,22)/t8-,9-/m1/s1. The summed E-state index contributed by atoms with van der Waals surface area (Å²) in [5.74, 6) is 1.23. The van der Waals surface area contributed by atoms with E-state index in [0.717, 1.165) is 0 Å². The first-order chi connectivity index (χ1) is 11.5. The molecule has 3 aromatic rings. The maximum absolute atomic E-state index is 12.5. The number of hydrogen-bond acceptors (Lipinski definition) is 5. The van der Waals surface area contributed by atoms with Crippen LogP contribution < -0.4 is 15.2 Å². The number of nitrogens with zero attached hydrogens (tertiary/aromatic N) is 3. The number of H-pyrrole nitrogens is 1. The van der Waals surface area contributed by atoms with Gasteiger partial charge >= 0.3 is 5.69 Å². The Labute approximate surface area is 142 Å². The number of ether oxygens (including phenoxy) is 2. The van der Waals surface area contributed by atoms with Crippen molar-refractivity contribution in [1.82, 2.24) is 19.5 Å². The minimum absolute atomic E-state index is 0.102.